The fourth-order valence-electron chi connectivity index (χ4n) is 2.23. The zero-order chi connectivity index (χ0) is 17.2. The first-order valence-electron chi connectivity index (χ1n) is 7.54. The zero-order valence-corrected chi connectivity index (χ0v) is 14.3. The number of amides is 1. The van der Waals surface area contributed by atoms with Gasteiger partial charge >= 0.3 is 0 Å². The molecule has 0 atom stereocenters. The van der Waals surface area contributed by atoms with Gasteiger partial charge in [-0.1, -0.05) is 17.7 Å². The number of carbonyl (C=O) groups excluding carboxylic acids is 1. The van der Waals surface area contributed by atoms with Crippen molar-refractivity contribution in [1.82, 2.24) is 20.2 Å². The molecule has 3 rings (SSSR count). The Balaban J connectivity index is 1.48. The van der Waals surface area contributed by atoms with E-state index in [1.54, 1.807) is 18.2 Å². The van der Waals surface area contributed by atoms with E-state index in [1.807, 2.05) is 0 Å². The van der Waals surface area contributed by atoms with Gasteiger partial charge in [0.2, 0.25) is 10.0 Å². The highest BCUT2D eigenvalue weighted by Gasteiger charge is 2.26. The largest absolute Gasteiger partial charge is 0.349 e. The van der Waals surface area contributed by atoms with E-state index in [9.17, 15) is 13.2 Å². The summed E-state index contributed by atoms with van der Waals surface area (Å²) in [7, 11) is -3.65. The van der Waals surface area contributed by atoms with Crippen LogP contribution in [0.2, 0.25) is 5.02 Å². The van der Waals surface area contributed by atoms with Crippen molar-refractivity contribution in [1.29, 1.82) is 0 Å². The number of aromatic amines is 1. The Labute approximate surface area is 144 Å². The average Bonchev–Trinajstić information content (AvgIpc) is 3.28. The second-order valence-corrected chi connectivity index (χ2v) is 7.80. The molecule has 24 heavy (non-hydrogen) atoms. The molecule has 0 bridgehead atoms. The molecule has 1 aliphatic carbocycles. The molecule has 128 valence electrons. The van der Waals surface area contributed by atoms with Crippen LogP contribution in [0.15, 0.2) is 35.2 Å². The molecule has 1 heterocycles. The van der Waals surface area contributed by atoms with E-state index in [0.29, 0.717) is 16.6 Å². The molecule has 7 nitrogen and oxygen atoms in total. The van der Waals surface area contributed by atoms with Gasteiger partial charge in [0.15, 0.2) is 0 Å². The quantitative estimate of drug-likeness (QED) is 0.646. The highest BCUT2D eigenvalue weighted by atomic mass is 35.5. The summed E-state index contributed by atoms with van der Waals surface area (Å²) in [6.07, 6.45) is 2.24. The van der Waals surface area contributed by atoms with Gasteiger partial charge < -0.3 is 5.32 Å². The van der Waals surface area contributed by atoms with E-state index < -0.39 is 10.0 Å². The smallest absolute Gasteiger partial charge is 0.271 e. The minimum Gasteiger partial charge on any atom is -0.349 e. The third-order valence-electron chi connectivity index (χ3n) is 3.66. The summed E-state index contributed by atoms with van der Waals surface area (Å²) in [4.78, 5) is 12.0. The number of H-pyrrole nitrogens is 1. The van der Waals surface area contributed by atoms with Crippen LogP contribution in [0.1, 0.15) is 34.9 Å². The predicted octanol–water partition coefficient (Wildman–Crippen LogP) is 1.65. The molecule has 2 aromatic rings. The lowest BCUT2D eigenvalue weighted by Crippen LogP contribution is -2.34. The van der Waals surface area contributed by atoms with Crippen molar-refractivity contribution >= 4 is 27.5 Å². The standard InChI is InChI=1S/C15H17ClN4O3S/c16-11-2-1-3-12(8-11)24(22,23)18-7-6-17-15(21)14-9-13(19-20-14)10-4-5-10/h1-3,8-10,18H,4-7H2,(H,17,21)(H,19,20). The van der Waals surface area contributed by atoms with E-state index in [-0.39, 0.29) is 23.9 Å². The van der Waals surface area contributed by atoms with Gasteiger partial charge in [-0.25, -0.2) is 13.1 Å². The van der Waals surface area contributed by atoms with Crippen LogP contribution in [0.25, 0.3) is 0 Å². The fourth-order valence-corrected chi connectivity index (χ4v) is 3.56. The molecule has 1 aromatic carbocycles. The topological polar surface area (TPSA) is 104 Å². The molecule has 0 unspecified atom stereocenters. The first kappa shape index (κ1) is 16.9. The van der Waals surface area contributed by atoms with Gasteiger partial charge in [0, 0.05) is 29.7 Å². The Morgan fingerprint density at radius 3 is 2.79 bits per heavy atom. The van der Waals surface area contributed by atoms with Crippen molar-refractivity contribution in [3.8, 4) is 0 Å². The van der Waals surface area contributed by atoms with Gasteiger partial charge in [0.05, 0.1) is 4.90 Å². The Morgan fingerprint density at radius 1 is 1.29 bits per heavy atom. The van der Waals surface area contributed by atoms with Crippen molar-refractivity contribution in [2.45, 2.75) is 23.7 Å². The summed E-state index contributed by atoms with van der Waals surface area (Å²) >= 11 is 5.79. The van der Waals surface area contributed by atoms with E-state index >= 15 is 0 Å². The van der Waals surface area contributed by atoms with E-state index in [1.165, 1.54) is 12.1 Å². The summed E-state index contributed by atoms with van der Waals surface area (Å²) in [5.41, 5.74) is 1.29. The second-order valence-electron chi connectivity index (χ2n) is 5.59. The van der Waals surface area contributed by atoms with Gasteiger partial charge in [0.1, 0.15) is 5.69 Å². The Morgan fingerprint density at radius 2 is 2.08 bits per heavy atom. The van der Waals surface area contributed by atoms with Crippen molar-refractivity contribution in [2.75, 3.05) is 13.1 Å². The number of nitrogens with zero attached hydrogens (tertiary/aromatic N) is 1. The minimum atomic E-state index is -3.65. The van der Waals surface area contributed by atoms with Crippen molar-refractivity contribution < 1.29 is 13.2 Å². The highest BCUT2D eigenvalue weighted by Crippen LogP contribution is 2.38. The lowest BCUT2D eigenvalue weighted by molar-refractivity contribution is 0.0949. The Hall–Kier alpha value is -1.90. The summed E-state index contributed by atoms with van der Waals surface area (Å²) in [5, 5.41) is 9.80. The number of halogens is 1. The fraction of sp³-hybridized carbons (Fsp3) is 0.333. The third-order valence-corrected chi connectivity index (χ3v) is 5.35. The van der Waals surface area contributed by atoms with Gasteiger partial charge in [-0.15, -0.1) is 0 Å². The number of aromatic nitrogens is 2. The maximum Gasteiger partial charge on any atom is 0.271 e. The van der Waals surface area contributed by atoms with Crippen LogP contribution in [-0.4, -0.2) is 37.6 Å². The van der Waals surface area contributed by atoms with Crippen LogP contribution in [0.3, 0.4) is 0 Å². The monoisotopic (exact) mass is 368 g/mol. The Kier molecular flexibility index (Phi) is 4.88. The van der Waals surface area contributed by atoms with Gasteiger partial charge in [-0.2, -0.15) is 5.10 Å². The average molecular weight is 369 g/mol. The number of hydrogen-bond donors (Lipinski definition) is 3. The summed E-state index contributed by atoms with van der Waals surface area (Å²) in [6.45, 7) is 0.227. The summed E-state index contributed by atoms with van der Waals surface area (Å²) in [5.74, 6) is 0.156. The number of nitrogens with one attached hydrogen (secondary N) is 3. The summed E-state index contributed by atoms with van der Waals surface area (Å²) < 4.78 is 26.6. The molecule has 1 saturated carbocycles. The van der Waals surface area contributed by atoms with Gasteiger partial charge in [-0.05, 0) is 37.1 Å². The molecule has 0 saturated heterocycles. The lowest BCUT2D eigenvalue weighted by Gasteiger charge is -2.07. The lowest BCUT2D eigenvalue weighted by atomic mass is 10.2. The summed E-state index contributed by atoms with van der Waals surface area (Å²) in [6, 6.07) is 7.72. The molecular formula is C15H17ClN4O3S. The number of rotatable bonds is 7. The molecular weight excluding hydrogens is 352 g/mol. The van der Waals surface area contributed by atoms with Crippen LogP contribution in [0.4, 0.5) is 0 Å². The van der Waals surface area contributed by atoms with Crippen molar-refractivity contribution in [3.05, 3.63) is 46.7 Å². The Bertz CT molecular complexity index is 846. The number of benzene rings is 1. The third kappa shape index (κ3) is 4.14. The predicted molar refractivity (Wildman–Crippen MR) is 89.5 cm³/mol. The highest BCUT2D eigenvalue weighted by molar-refractivity contribution is 7.89. The number of hydrogen-bond acceptors (Lipinski definition) is 4. The molecule has 9 heteroatoms. The number of carbonyl (C=O) groups is 1. The van der Waals surface area contributed by atoms with Crippen molar-refractivity contribution in [2.24, 2.45) is 0 Å². The maximum absolute atomic E-state index is 12.1. The van der Waals surface area contributed by atoms with E-state index in [0.717, 1.165) is 18.5 Å². The van der Waals surface area contributed by atoms with E-state index in [4.69, 9.17) is 11.6 Å². The molecule has 1 aliphatic rings. The normalized spacial score (nSPS) is 14.5. The zero-order valence-electron chi connectivity index (χ0n) is 12.8. The maximum atomic E-state index is 12.1. The molecule has 0 spiro atoms. The molecule has 1 amide bonds. The molecule has 0 aliphatic heterocycles. The minimum absolute atomic E-state index is 0.0699. The van der Waals surface area contributed by atoms with Gasteiger partial charge in [0.25, 0.3) is 5.91 Å². The van der Waals surface area contributed by atoms with Crippen LogP contribution in [0, 0.1) is 0 Å². The van der Waals surface area contributed by atoms with E-state index in [2.05, 4.69) is 20.2 Å². The first-order valence-corrected chi connectivity index (χ1v) is 9.40. The van der Waals surface area contributed by atoms with Crippen LogP contribution in [0.5, 0.6) is 0 Å². The van der Waals surface area contributed by atoms with Crippen LogP contribution < -0.4 is 10.0 Å². The molecule has 1 fully saturated rings. The molecule has 0 radical (unpaired) electrons. The van der Waals surface area contributed by atoms with Crippen molar-refractivity contribution in [3.63, 3.8) is 0 Å². The van der Waals surface area contributed by atoms with Gasteiger partial charge in [-0.3, -0.25) is 9.89 Å². The van der Waals surface area contributed by atoms with Crippen LogP contribution >= 0.6 is 11.6 Å². The molecule has 3 N–H and O–H groups in total. The molecule has 1 aromatic heterocycles. The number of sulfonamides is 1. The SMILES string of the molecule is O=C(NCCNS(=O)(=O)c1cccc(Cl)c1)c1cc(C2CC2)[nH]n1. The second kappa shape index (κ2) is 6.92. The van der Waals surface area contributed by atoms with Crippen LogP contribution in [-0.2, 0) is 10.0 Å². The first-order chi connectivity index (χ1) is 11.5.